The first-order valence-electron chi connectivity index (χ1n) is 12.8. The first-order chi connectivity index (χ1) is 18.9. The molecule has 178 valence electrons. The maximum absolute atomic E-state index is 5.12. The van der Waals surface area contributed by atoms with E-state index in [1.807, 2.05) is 12.4 Å². The van der Waals surface area contributed by atoms with Gasteiger partial charge in [-0.25, -0.2) is 4.98 Å². The first-order valence-corrected chi connectivity index (χ1v) is 12.8. The topological polar surface area (TPSA) is 35.6 Å². The Hall–Kier alpha value is -5.22. The SMILES string of the molecule is c1cc(-c2cncc(-n3c4ccccc4c4ccccc43)n2)cc(-n2c3ccccc3c3ccccc32)c1. The molecule has 0 fully saturated rings. The summed E-state index contributed by atoms with van der Waals surface area (Å²) in [7, 11) is 0. The lowest BCUT2D eigenvalue weighted by atomic mass is 10.1. The highest BCUT2D eigenvalue weighted by Gasteiger charge is 2.15. The van der Waals surface area contributed by atoms with Crippen molar-refractivity contribution in [3.05, 3.63) is 134 Å². The summed E-state index contributed by atoms with van der Waals surface area (Å²) in [5.74, 6) is 0.808. The molecule has 4 heteroatoms. The fourth-order valence-corrected chi connectivity index (χ4v) is 5.78. The molecule has 3 heterocycles. The zero-order valence-corrected chi connectivity index (χ0v) is 20.5. The minimum absolute atomic E-state index is 0.808. The quantitative estimate of drug-likeness (QED) is 0.252. The van der Waals surface area contributed by atoms with Crippen molar-refractivity contribution in [2.24, 2.45) is 0 Å². The molecule has 5 aromatic carbocycles. The van der Waals surface area contributed by atoms with Crippen LogP contribution in [0.2, 0.25) is 0 Å². The third kappa shape index (κ3) is 3.04. The van der Waals surface area contributed by atoms with Crippen LogP contribution in [-0.2, 0) is 0 Å². The Labute approximate surface area is 219 Å². The van der Waals surface area contributed by atoms with Gasteiger partial charge in [-0.1, -0.05) is 84.9 Å². The molecule has 0 N–H and O–H groups in total. The predicted molar refractivity (Wildman–Crippen MR) is 156 cm³/mol. The second kappa shape index (κ2) is 8.15. The van der Waals surface area contributed by atoms with Crippen molar-refractivity contribution >= 4 is 43.6 Å². The van der Waals surface area contributed by atoms with E-state index in [1.54, 1.807) is 0 Å². The Morgan fingerprint density at radius 3 is 1.50 bits per heavy atom. The van der Waals surface area contributed by atoms with E-state index in [1.165, 1.54) is 32.6 Å². The molecular weight excluding hydrogens is 464 g/mol. The van der Waals surface area contributed by atoms with Crippen LogP contribution in [0, 0.1) is 0 Å². The lowest BCUT2D eigenvalue weighted by Crippen LogP contribution is -2.00. The zero-order valence-electron chi connectivity index (χ0n) is 20.5. The van der Waals surface area contributed by atoms with E-state index < -0.39 is 0 Å². The summed E-state index contributed by atoms with van der Waals surface area (Å²) in [6.07, 6.45) is 3.70. The van der Waals surface area contributed by atoms with Crippen LogP contribution in [0.4, 0.5) is 0 Å². The molecule has 0 saturated carbocycles. The van der Waals surface area contributed by atoms with Crippen molar-refractivity contribution in [2.45, 2.75) is 0 Å². The van der Waals surface area contributed by atoms with Crippen LogP contribution in [-0.4, -0.2) is 19.1 Å². The maximum Gasteiger partial charge on any atom is 0.156 e. The van der Waals surface area contributed by atoms with Crippen LogP contribution in [0.15, 0.2) is 134 Å². The summed E-state index contributed by atoms with van der Waals surface area (Å²) in [4.78, 5) is 9.76. The molecule has 3 aromatic heterocycles. The Morgan fingerprint density at radius 2 is 0.947 bits per heavy atom. The number of para-hydroxylation sites is 4. The summed E-state index contributed by atoms with van der Waals surface area (Å²) < 4.78 is 4.54. The Morgan fingerprint density at radius 1 is 0.447 bits per heavy atom. The van der Waals surface area contributed by atoms with Crippen molar-refractivity contribution in [3.8, 4) is 22.8 Å². The summed E-state index contributed by atoms with van der Waals surface area (Å²) in [5, 5.41) is 4.93. The maximum atomic E-state index is 5.12. The molecule has 0 aliphatic rings. The van der Waals surface area contributed by atoms with Crippen LogP contribution in [0.1, 0.15) is 0 Å². The van der Waals surface area contributed by atoms with Crippen LogP contribution in [0.25, 0.3) is 66.4 Å². The van der Waals surface area contributed by atoms with Gasteiger partial charge in [0.25, 0.3) is 0 Å². The third-order valence-electron chi connectivity index (χ3n) is 7.41. The fraction of sp³-hybridized carbons (Fsp3) is 0. The van der Waals surface area contributed by atoms with E-state index >= 15 is 0 Å². The minimum atomic E-state index is 0.808. The van der Waals surface area contributed by atoms with Gasteiger partial charge >= 0.3 is 0 Å². The first kappa shape index (κ1) is 20.9. The number of benzene rings is 5. The summed E-state index contributed by atoms with van der Waals surface area (Å²) >= 11 is 0. The van der Waals surface area contributed by atoms with E-state index in [9.17, 15) is 0 Å². The monoisotopic (exact) mass is 486 g/mol. The number of fused-ring (bicyclic) bond motifs is 6. The van der Waals surface area contributed by atoms with Crippen LogP contribution in [0.5, 0.6) is 0 Å². The number of aromatic nitrogens is 4. The zero-order chi connectivity index (χ0) is 25.1. The van der Waals surface area contributed by atoms with Gasteiger partial charge in [-0.2, -0.15) is 0 Å². The molecule has 4 nitrogen and oxygen atoms in total. The Kier molecular flexibility index (Phi) is 4.49. The van der Waals surface area contributed by atoms with Gasteiger partial charge in [-0.3, -0.25) is 9.55 Å². The fourth-order valence-electron chi connectivity index (χ4n) is 5.78. The molecule has 0 aliphatic carbocycles. The van der Waals surface area contributed by atoms with Crippen LogP contribution in [0.3, 0.4) is 0 Å². The van der Waals surface area contributed by atoms with Crippen LogP contribution < -0.4 is 0 Å². The Balaban J connectivity index is 1.32. The van der Waals surface area contributed by atoms with Gasteiger partial charge in [0, 0.05) is 32.8 Å². The molecule has 0 saturated heterocycles. The van der Waals surface area contributed by atoms with Gasteiger partial charge in [-0.15, -0.1) is 0 Å². The number of nitrogens with zero attached hydrogens (tertiary/aromatic N) is 4. The number of rotatable bonds is 3. The summed E-state index contributed by atoms with van der Waals surface area (Å²) in [6, 6.07) is 42.7. The van der Waals surface area contributed by atoms with Gasteiger partial charge in [0.1, 0.15) is 0 Å². The normalized spacial score (nSPS) is 11.7. The molecule has 0 bridgehead atoms. The molecule has 0 amide bonds. The second-order valence-electron chi connectivity index (χ2n) is 9.55. The summed E-state index contributed by atoms with van der Waals surface area (Å²) in [6.45, 7) is 0. The third-order valence-corrected chi connectivity index (χ3v) is 7.41. The number of hydrogen-bond donors (Lipinski definition) is 0. The molecule has 0 atom stereocenters. The molecular formula is C34H22N4. The molecule has 0 aliphatic heterocycles. The van der Waals surface area contributed by atoms with Crippen molar-refractivity contribution in [2.75, 3.05) is 0 Å². The highest BCUT2D eigenvalue weighted by Crippen LogP contribution is 2.34. The molecule has 0 unspecified atom stereocenters. The van der Waals surface area contributed by atoms with Crippen molar-refractivity contribution in [3.63, 3.8) is 0 Å². The van der Waals surface area contributed by atoms with E-state index in [0.717, 1.165) is 33.8 Å². The average molecular weight is 487 g/mol. The lowest BCUT2D eigenvalue weighted by Gasteiger charge is -2.11. The number of hydrogen-bond acceptors (Lipinski definition) is 2. The minimum Gasteiger partial charge on any atom is -0.309 e. The average Bonchev–Trinajstić information content (AvgIpc) is 3.51. The van der Waals surface area contributed by atoms with Crippen molar-refractivity contribution in [1.82, 2.24) is 19.1 Å². The van der Waals surface area contributed by atoms with Crippen molar-refractivity contribution < 1.29 is 0 Å². The predicted octanol–water partition coefficient (Wildman–Crippen LogP) is 8.34. The Bertz CT molecular complexity index is 1890. The van der Waals surface area contributed by atoms with Crippen LogP contribution >= 0.6 is 0 Å². The van der Waals surface area contributed by atoms with Gasteiger partial charge < -0.3 is 4.57 Å². The van der Waals surface area contributed by atoms with Gasteiger partial charge in [-0.05, 0) is 36.4 Å². The highest BCUT2D eigenvalue weighted by molar-refractivity contribution is 6.10. The van der Waals surface area contributed by atoms with Gasteiger partial charge in [0.15, 0.2) is 5.82 Å². The van der Waals surface area contributed by atoms with Gasteiger partial charge in [0.2, 0.25) is 0 Å². The molecule has 38 heavy (non-hydrogen) atoms. The second-order valence-corrected chi connectivity index (χ2v) is 9.55. The largest absolute Gasteiger partial charge is 0.309 e. The van der Waals surface area contributed by atoms with E-state index in [0.29, 0.717) is 0 Å². The highest BCUT2D eigenvalue weighted by atomic mass is 15.1. The smallest absolute Gasteiger partial charge is 0.156 e. The molecule has 0 spiro atoms. The van der Waals surface area contributed by atoms with Crippen molar-refractivity contribution in [1.29, 1.82) is 0 Å². The molecule has 0 radical (unpaired) electrons. The molecule has 8 rings (SSSR count). The van der Waals surface area contributed by atoms with E-state index in [-0.39, 0.29) is 0 Å². The standard InChI is InChI=1S/C34H22N4/c1-5-16-30-25(12-1)26-13-2-6-17-31(26)37(30)24-11-9-10-23(20-24)29-21-35-22-34(36-29)38-32-18-7-3-14-27(32)28-15-4-8-19-33(28)38/h1-22H. The van der Waals surface area contributed by atoms with E-state index in [4.69, 9.17) is 4.98 Å². The summed E-state index contributed by atoms with van der Waals surface area (Å²) in [5.41, 5.74) is 7.60. The lowest BCUT2D eigenvalue weighted by molar-refractivity contribution is 1.04. The van der Waals surface area contributed by atoms with E-state index in [2.05, 4.69) is 135 Å². The van der Waals surface area contributed by atoms with Gasteiger partial charge in [0.05, 0.1) is 40.2 Å². The molecule has 8 aromatic rings.